The van der Waals surface area contributed by atoms with E-state index in [9.17, 15) is 18.0 Å². The van der Waals surface area contributed by atoms with Crippen LogP contribution in [0.1, 0.15) is 6.42 Å². The van der Waals surface area contributed by atoms with Crippen molar-refractivity contribution in [2.75, 3.05) is 19.0 Å². The number of carbonyl (C=O) groups excluding carboxylic acids is 1. The van der Waals surface area contributed by atoms with E-state index in [1.54, 1.807) is 0 Å². The molecule has 0 fully saturated rings. The summed E-state index contributed by atoms with van der Waals surface area (Å²) in [5, 5.41) is 2.86. The molecule has 1 rings (SSSR count). The summed E-state index contributed by atoms with van der Waals surface area (Å²) in [5.74, 6) is -0.652. The lowest BCUT2D eigenvalue weighted by molar-refractivity contribution is -0.274. The van der Waals surface area contributed by atoms with Gasteiger partial charge in [0.15, 0.2) is 0 Å². The molecule has 0 aromatic heterocycles. The first-order chi connectivity index (χ1) is 8.40. The van der Waals surface area contributed by atoms with Gasteiger partial charge in [0, 0.05) is 12.2 Å². The number of carbonyl (C=O) groups is 1. The number of benzene rings is 1. The van der Waals surface area contributed by atoms with Crippen molar-refractivity contribution >= 4 is 11.7 Å². The lowest BCUT2D eigenvalue weighted by Crippen LogP contribution is -2.17. The predicted octanol–water partition coefficient (Wildman–Crippen LogP) is 2.56. The monoisotopic (exact) mass is 263 g/mol. The second kappa shape index (κ2) is 6.13. The quantitative estimate of drug-likeness (QED) is 0.829. The van der Waals surface area contributed by atoms with Crippen molar-refractivity contribution in [2.24, 2.45) is 0 Å². The van der Waals surface area contributed by atoms with Crippen molar-refractivity contribution < 1.29 is 27.4 Å². The topological polar surface area (TPSA) is 47.6 Å². The van der Waals surface area contributed by atoms with Crippen molar-refractivity contribution in [3.8, 4) is 5.75 Å². The van der Waals surface area contributed by atoms with Gasteiger partial charge in [0.1, 0.15) is 5.75 Å². The van der Waals surface area contributed by atoms with E-state index >= 15 is 0 Å². The zero-order valence-electron chi connectivity index (χ0n) is 9.58. The van der Waals surface area contributed by atoms with Crippen LogP contribution in [0, 0.1) is 0 Å². The van der Waals surface area contributed by atoms with E-state index in [1.807, 2.05) is 0 Å². The Balaban J connectivity index is 2.43. The number of nitrogens with one attached hydrogen (secondary N) is 1. The molecule has 0 unspecified atom stereocenters. The van der Waals surface area contributed by atoms with E-state index in [1.165, 1.54) is 31.4 Å². The number of rotatable bonds is 5. The fourth-order valence-electron chi connectivity index (χ4n) is 1.19. The molecule has 0 saturated heterocycles. The highest BCUT2D eigenvalue weighted by molar-refractivity contribution is 5.69. The molecule has 0 saturated carbocycles. The molecule has 0 spiro atoms. The molecule has 0 bridgehead atoms. The number of halogens is 3. The van der Waals surface area contributed by atoms with Crippen molar-refractivity contribution in [1.29, 1.82) is 0 Å². The molecule has 100 valence electrons. The molecule has 0 heterocycles. The molecule has 0 aliphatic carbocycles. The number of esters is 1. The third-order valence-electron chi connectivity index (χ3n) is 1.97. The highest BCUT2D eigenvalue weighted by atomic mass is 19.4. The van der Waals surface area contributed by atoms with Crippen molar-refractivity contribution in [3.05, 3.63) is 24.3 Å². The zero-order valence-corrected chi connectivity index (χ0v) is 9.58. The summed E-state index contributed by atoms with van der Waals surface area (Å²) in [4.78, 5) is 10.8. The molecule has 1 aromatic rings. The van der Waals surface area contributed by atoms with Gasteiger partial charge in [-0.25, -0.2) is 0 Å². The van der Waals surface area contributed by atoms with Crippen molar-refractivity contribution in [3.63, 3.8) is 0 Å². The minimum atomic E-state index is -4.69. The standard InChI is InChI=1S/C11H12F3NO3/c1-17-10(16)6-7-15-8-2-4-9(5-3-8)18-11(12,13)14/h2-5,15H,6-7H2,1H3. The maximum atomic E-state index is 11.9. The molecular formula is C11H12F3NO3. The predicted molar refractivity (Wildman–Crippen MR) is 58.2 cm³/mol. The lowest BCUT2D eigenvalue weighted by Gasteiger charge is -2.10. The Morgan fingerprint density at radius 2 is 1.89 bits per heavy atom. The molecular weight excluding hydrogens is 251 g/mol. The van der Waals surface area contributed by atoms with Gasteiger partial charge in [-0.1, -0.05) is 0 Å². The average Bonchev–Trinajstić information content (AvgIpc) is 2.29. The number of methoxy groups -OCH3 is 1. The lowest BCUT2D eigenvalue weighted by atomic mass is 10.3. The normalized spacial score (nSPS) is 10.9. The molecule has 4 nitrogen and oxygen atoms in total. The van der Waals surface area contributed by atoms with E-state index in [4.69, 9.17) is 0 Å². The Hall–Kier alpha value is -1.92. The van der Waals surface area contributed by atoms with Gasteiger partial charge in [-0.2, -0.15) is 0 Å². The fourth-order valence-corrected chi connectivity index (χ4v) is 1.19. The number of ether oxygens (including phenoxy) is 2. The number of hydrogen-bond donors (Lipinski definition) is 1. The smallest absolute Gasteiger partial charge is 0.469 e. The molecule has 1 N–H and O–H groups in total. The van der Waals surface area contributed by atoms with Crippen LogP contribution in [0.2, 0.25) is 0 Å². The Bertz CT molecular complexity index is 390. The third kappa shape index (κ3) is 5.42. The van der Waals surface area contributed by atoms with Gasteiger partial charge in [0.05, 0.1) is 13.5 Å². The molecule has 0 aliphatic heterocycles. The molecule has 0 aliphatic rings. The summed E-state index contributed by atoms with van der Waals surface area (Å²) >= 11 is 0. The van der Waals surface area contributed by atoms with Gasteiger partial charge >= 0.3 is 12.3 Å². The zero-order chi connectivity index (χ0) is 13.6. The maximum absolute atomic E-state index is 11.9. The number of hydrogen-bond acceptors (Lipinski definition) is 4. The first kappa shape index (κ1) is 14.1. The first-order valence-corrected chi connectivity index (χ1v) is 5.07. The van der Waals surface area contributed by atoms with Crippen LogP contribution in [0.5, 0.6) is 5.75 Å². The summed E-state index contributed by atoms with van der Waals surface area (Å²) < 4.78 is 43.8. The Kier molecular flexibility index (Phi) is 4.82. The molecule has 0 amide bonds. The summed E-state index contributed by atoms with van der Waals surface area (Å²) in [7, 11) is 1.28. The van der Waals surface area contributed by atoms with Crippen LogP contribution in [0.3, 0.4) is 0 Å². The minimum absolute atomic E-state index is 0.178. The van der Waals surface area contributed by atoms with Crippen LogP contribution < -0.4 is 10.1 Å². The molecule has 18 heavy (non-hydrogen) atoms. The van der Waals surface area contributed by atoms with E-state index in [0.717, 1.165) is 0 Å². The van der Waals surface area contributed by atoms with E-state index in [2.05, 4.69) is 14.8 Å². The molecule has 0 atom stereocenters. The van der Waals surface area contributed by atoms with Gasteiger partial charge < -0.3 is 14.8 Å². The van der Waals surface area contributed by atoms with Crippen LogP contribution in [0.4, 0.5) is 18.9 Å². The summed E-state index contributed by atoms with van der Waals surface area (Å²) in [6.07, 6.45) is -4.52. The Morgan fingerprint density at radius 3 is 2.39 bits per heavy atom. The SMILES string of the molecule is COC(=O)CCNc1ccc(OC(F)(F)F)cc1. The van der Waals surface area contributed by atoms with Crippen LogP contribution >= 0.6 is 0 Å². The number of anilines is 1. The fraction of sp³-hybridized carbons (Fsp3) is 0.364. The second-order valence-electron chi connectivity index (χ2n) is 3.33. The highest BCUT2D eigenvalue weighted by Gasteiger charge is 2.30. The third-order valence-corrected chi connectivity index (χ3v) is 1.97. The van der Waals surface area contributed by atoms with E-state index < -0.39 is 6.36 Å². The first-order valence-electron chi connectivity index (χ1n) is 5.07. The average molecular weight is 263 g/mol. The second-order valence-corrected chi connectivity index (χ2v) is 3.33. The summed E-state index contributed by atoms with van der Waals surface area (Å²) in [5.41, 5.74) is 0.591. The largest absolute Gasteiger partial charge is 0.573 e. The molecule has 7 heteroatoms. The minimum Gasteiger partial charge on any atom is -0.469 e. The van der Waals surface area contributed by atoms with Crippen molar-refractivity contribution in [2.45, 2.75) is 12.8 Å². The van der Waals surface area contributed by atoms with Crippen LogP contribution in [-0.2, 0) is 9.53 Å². The van der Waals surface area contributed by atoms with E-state index in [0.29, 0.717) is 12.2 Å². The summed E-state index contributed by atoms with van der Waals surface area (Å²) in [6.45, 7) is 0.339. The van der Waals surface area contributed by atoms with Gasteiger partial charge in [0.25, 0.3) is 0 Å². The Morgan fingerprint density at radius 1 is 1.28 bits per heavy atom. The van der Waals surface area contributed by atoms with Gasteiger partial charge in [-0.15, -0.1) is 13.2 Å². The summed E-state index contributed by atoms with van der Waals surface area (Å²) in [6, 6.07) is 5.23. The van der Waals surface area contributed by atoms with E-state index in [-0.39, 0.29) is 18.1 Å². The van der Waals surface area contributed by atoms with Gasteiger partial charge in [0.2, 0.25) is 0 Å². The molecule has 0 radical (unpaired) electrons. The number of alkyl halides is 3. The highest BCUT2D eigenvalue weighted by Crippen LogP contribution is 2.23. The van der Waals surface area contributed by atoms with Crippen LogP contribution in [-0.4, -0.2) is 26.0 Å². The Labute approximate surface area is 102 Å². The van der Waals surface area contributed by atoms with Crippen molar-refractivity contribution in [1.82, 2.24) is 0 Å². The van der Waals surface area contributed by atoms with Gasteiger partial charge in [-0.05, 0) is 24.3 Å². The maximum Gasteiger partial charge on any atom is 0.573 e. The van der Waals surface area contributed by atoms with Gasteiger partial charge in [-0.3, -0.25) is 4.79 Å². The molecule has 1 aromatic carbocycles. The van der Waals surface area contributed by atoms with Crippen LogP contribution in [0.15, 0.2) is 24.3 Å². The van der Waals surface area contributed by atoms with Crippen LogP contribution in [0.25, 0.3) is 0 Å².